The van der Waals surface area contributed by atoms with Crippen LogP contribution >= 0.6 is 0 Å². The molecule has 0 spiro atoms. The summed E-state index contributed by atoms with van der Waals surface area (Å²) in [7, 11) is 0. The predicted molar refractivity (Wildman–Crippen MR) is 56.6 cm³/mol. The highest BCUT2D eigenvalue weighted by Crippen LogP contribution is 2.30. The van der Waals surface area contributed by atoms with Gasteiger partial charge in [0.05, 0.1) is 11.9 Å². The molecule has 1 atom stereocenters. The lowest BCUT2D eigenvalue weighted by Crippen LogP contribution is -2.12. The van der Waals surface area contributed by atoms with E-state index in [1.165, 1.54) is 0 Å². The van der Waals surface area contributed by atoms with Crippen LogP contribution in [0.25, 0.3) is 0 Å². The van der Waals surface area contributed by atoms with E-state index in [4.69, 9.17) is 0 Å². The Balaban J connectivity index is 2.87. The van der Waals surface area contributed by atoms with Crippen molar-refractivity contribution in [2.24, 2.45) is 5.41 Å². The fourth-order valence-electron chi connectivity index (χ4n) is 1.80. The van der Waals surface area contributed by atoms with E-state index in [1.54, 1.807) is 0 Å². The summed E-state index contributed by atoms with van der Waals surface area (Å²) >= 11 is 0. The van der Waals surface area contributed by atoms with Gasteiger partial charge in [-0.3, -0.25) is 4.98 Å². The average molecular weight is 213 g/mol. The Morgan fingerprint density at radius 3 is 2.40 bits per heavy atom. The summed E-state index contributed by atoms with van der Waals surface area (Å²) in [6.07, 6.45) is 1.89. The molecule has 84 valence electrons. The van der Waals surface area contributed by atoms with Crippen molar-refractivity contribution in [3.05, 3.63) is 29.6 Å². The molecule has 0 N–H and O–H groups in total. The van der Waals surface area contributed by atoms with E-state index in [1.807, 2.05) is 6.92 Å². The summed E-state index contributed by atoms with van der Waals surface area (Å²) in [5.74, 6) is -1.17. The molecular weight excluding hydrogens is 196 g/mol. The maximum atomic E-state index is 13.4. The second-order valence-electron chi connectivity index (χ2n) is 5.19. The monoisotopic (exact) mass is 213 g/mol. The first-order chi connectivity index (χ1) is 6.79. The molecule has 1 rings (SSSR count). The zero-order valence-electron chi connectivity index (χ0n) is 9.64. The lowest BCUT2D eigenvalue weighted by Gasteiger charge is -2.23. The number of nitrogens with zero attached hydrogens (tertiary/aromatic N) is 1. The van der Waals surface area contributed by atoms with Crippen LogP contribution in [-0.2, 0) is 0 Å². The molecule has 0 radical (unpaired) electrons. The van der Waals surface area contributed by atoms with Crippen molar-refractivity contribution < 1.29 is 8.78 Å². The van der Waals surface area contributed by atoms with Gasteiger partial charge in [-0.2, -0.15) is 0 Å². The van der Waals surface area contributed by atoms with Crippen molar-refractivity contribution in [1.82, 2.24) is 4.98 Å². The molecule has 0 fully saturated rings. The van der Waals surface area contributed by atoms with Crippen LogP contribution in [0.2, 0.25) is 0 Å². The van der Waals surface area contributed by atoms with Crippen molar-refractivity contribution in [2.45, 2.75) is 40.0 Å². The molecule has 1 aromatic rings. The smallest absolute Gasteiger partial charge is 0.147 e. The summed E-state index contributed by atoms with van der Waals surface area (Å²) < 4.78 is 26.0. The Morgan fingerprint density at radius 1 is 1.33 bits per heavy atom. The Kier molecular flexibility index (Phi) is 3.42. The summed E-state index contributed by atoms with van der Waals surface area (Å²) in [4.78, 5) is 3.81. The topological polar surface area (TPSA) is 12.9 Å². The standard InChI is InChI=1S/C12H17F2N/c1-8(6-12(2,3)4)11-10(14)5-9(13)7-15-11/h5,7-8H,6H2,1-4H3/t8-/m0/s1. The normalized spacial score (nSPS) is 14.0. The molecule has 0 bridgehead atoms. The molecule has 3 heteroatoms. The second kappa shape index (κ2) is 4.25. The zero-order valence-corrected chi connectivity index (χ0v) is 9.64. The van der Waals surface area contributed by atoms with Crippen molar-refractivity contribution in [3.8, 4) is 0 Å². The highest BCUT2D eigenvalue weighted by atomic mass is 19.1. The first kappa shape index (κ1) is 12.1. The Bertz CT molecular complexity index is 342. The number of aromatic nitrogens is 1. The average Bonchev–Trinajstić information content (AvgIpc) is 1.99. The van der Waals surface area contributed by atoms with E-state index in [0.29, 0.717) is 5.69 Å². The molecule has 0 saturated heterocycles. The van der Waals surface area contributed by atoms with Gasteiger partial charge in [0, 0.05) is 12.0 Å². The van der Waals surface area contributed by atoms with Gasteiger partial charge in [-0.05, 0) is 11.8 Å². The van der Waals surface area contributed by atoms with Gasteiger partial charge in [0.1, 0.15) is 11.6 Å². The highest BCUT2D eigenvalue weighted by molar-refractivity contribution is 5.13. The van der Waals surface area contributed by atoms with E-state index in [-0.39, 0.29) is 11.3 Å². The second-order valence-corrected chi connectivity index (χ2v) is 5.19. The first-order valence-electron chi connectivity index (χ1n) is 5.10. The van der Waals surface area contributed by atoms with E-state index in [0.717, 1.165) is 18.7 Å². The van der Waals surface area contributed by atoms with Crippen molar-refractivity contribution in [1.29, 1.82) is 0 Å². The van der Waals surface area contributed by atoms with Gasteiger partial charge < -0.3 is 0 Å². The molecule has 0 aliphatic heterocycles. The van der Waals surface area contributed by atoms with Gasteiger partial charge in [-0.1, -0.05) is 27.7 Å². The molecule has 0 aliphatic carbocycles. The highest BCUT2D eigenvalue weighted by Gasteiger charge is 2.20. The van der Waals surface area contributed by atoms with E-state index in [2.05, 4.69) is 25.8 Å². The van der Waals surface area contributed by atoms with E-state index >= 15 is 0 Å². The first-order valence-corrected chi connectivity index (χ1v) is 5.10. The van der Waals surface area contributed by atoms with Crippen LogP contribution in [0.5, 0.6) is 0 Å². The van der Waals surface area contributed by atoms with Crippen LogP contribution in [0.4, 0.5) is 8.78 Å². The van der Waals surface area contributed by atoms with Gasteiger partial charge in [0.2, 0.25) is 0 Å². The quantitative estimate of drug-likeness (QED) is 0.726. The lowest BCUT2D eigenvalue weighted by molar-refractivity contribution is 0.341. The SMILES string of the molecule is C[C@@H](CC(C)(C)C)c1ncc(F)cc1F. The number of hydrogen-bond acceptors (Lipinski definition) is 1. The van der Waals surface area contributed by atoms with E-state index < -0.39 is 11.6 Å². The Hall–Kier alpha value is -0.990. The molecule has 0 saturated carbocycles. The third kappa shape index (κ3) is 3.57. The number of rotatable bonds is 2. The van der Waals surface area contributed by atoms with Gasteiger partial charge in [-0.25, -0.2) is 8.78 Å². The molecule has 1 nitrogen and oxygen atoms in total. The van der Waals surface area contributed by atoms with Crippen LogP contribution < -0.4 is 0 Å². The molecular formula is C12H17F2N. The van der Waals surface area contributed by atoms with Gasteiger partial charge in [0.25, 0.3) is 0 Å². The summed E-state index contributed by atoms with van der Waals surface area (Å²) in [6, 6.07) is 0.890. The Labute approximate surface area is 89.5 Å². The predicted octanol–water partition coefficient (Wildman–Crippen LogP) is 3.90. The van der Waals surface area contributed by atoms with E-state index in [9.17, 15) is 8.78 Å². The van der Waals surface area contributed by atoms with Crippen molar-refractivity contribution >= 4 is 0 Å². The fourth-order valence-corrected chi connectivity index (χ4v) is 1.80. The third-order valence-electron chi connectivity index (χ3n) is 2.22. The number of halogens is 2. The molecule has 0 aliphatic rings. The Morgan fingerprint density at radius 2 is 1.93 bits per heavy atom. The molecule has 0 amide bonds. The molecule has 0 aromatic carbocycles. The molecule has 0 unspecified atom stereocenters. The number of pyridine rings is 1. The van der Waals surface area contributed by atoms with Crippen LogP contribution in [0, 0.1) is 17.0 Å². The maximum Gasteiger partial charge on any atom is 0.147 e. The van der Waals surface area contributed by atoms with Gasteiger partial charge >= 0.3 is 0 Å². The summed E-state index contributed by atoms with van der Waals surface area (Å²) in [6.45, 7) is 8.18. The molecule has 1 aromatic heterocycles. The third-order valence-corrected chi connectivity index (χ3v) is 2.22. The summed E-state index contributed by atoms with van der Waals surface area (Å²) in [5.41, 5.74) is 0.466. The maximum absolute atomic E-state index is 13.4. The van der Waals surface area contributed by atoms with Crippen molar-refractivity contribution in [2.75, 3.05) is 0 Å². The van der Waals surface area contributed by atoms with Crippen LogP contribution in [0.3, 0.4) is 0 Å². The fraction of sp³-hybridized carbons (Fsp3) is 0.583. The zero-order chi connectivity index (χ0) is 11.6. The minimum absolute atomic E-state index is 0.00519. The van der Waals surface area contributed by atoms with Crippen LogP contribution in [0.15, 0.2) is 12.3 Å². The largest absolute Gasteiger partial charge is 0.255 e. The molecule has 15 heavy (non-hydrogen) atoms. The minimum atomic E-state index is -0.626. The minimum Gasteiger partial charge on any atom is -0.255 e. The lowest BCUT2D eigenvalue weighted by atomic mass is 9.84. The summed E-state index contributed by atoms with van der Waals surface area (Å²) in [5, 5.41) is 0. The van der Waals surface area contributed by atoms with Crippen molar-refractivity contribution in [3.63, 3.8) is 0 Å². The van der Waals surface area contributed by atoms with Crippen LogP contribution in [-0.4, -0.2) is 4.98 Å². The van der Waals surface area contributed by atoms with Gasteiger partial charge in [0.15, 0.2) is 0 Å². The number of hydrogen-bond donors (Lipinski definition) is 0. The van der Waals surface area contributed by atoms with Crippen LogP contribution in [0.1, 0.15) is 45.7 Å². The molecule has 1 heterocycles. The van der Waals surface area contributed by atoms with Gasteiger partial charge in [-0.15, -0.1) is 0 Å².